The molecule has 2 rings (SSSR count). The highest BCUT2D eigenvalue weighted by molar-refractivity contribution is 5.68. The molecule has 98 valence electrons. The molecule has 2 aliphatic heterocycles. The van der Waals surface area contributed by atoms with E-state index in [0.717, 1.165) is 31.8 Å². The fraction of sp³-hybridized carbons (Fsp3) is 0.923. The number of hydrogen-bond donors (Lipinski definition) is 0. The van der Waals surface area contributed by atoms with Gasteiger partial charge in [0, 0.05) is 25.7 Å². The number of amides is 1. The molecule has 0 saturated carbocycles. The first kappa shape index (κ1) is 12.7. The Hall–Kier alpha value is -0.770. The molecule has 4 nitrogen and oxygen atoms in total. The first-order valence-corrected chi connectivity index (χ1v) is 6.53. The Balaban J connectivity index is 1.99. The molecule has 17 heavy (non-hydrogen) atoms. The molecular formula is C13H24N2O2. The Morgan fingerprint density at radius 3 is 2.65 bits per heavy atom. The number of fused-ring (bicyclic) bond motifs is 2. The molecule has 2 bridgehead atoms. The van der Waals surface area contributed by atoms with Crippen molar-refractivity contribution in [1.82, 2.24) is 9.80 Å². The number of ether oxygens (including phenoxy) is 1. The van der Waals surface area contributed by atoms with Crippen LogP contribution in [-0.2, 0) is 4.74 Å². The first-order valence-electron chi connectivity index (χ1n) is 6.53. The minimum atomic E-state index is -0.394. The quantitative estimate of drug-likeness (QED) is 0.649. The maximum atomic E-state index is 12.1. The van der Waals surface area contributed by atoms with E-state index < -0.39 is 5.60 Å². The van der Waals surface area contributed by atoms with Crippen LogP contribution in [0.1, 0.15) is 33.6 Å². The van der Waals surface area contributed by atoms with E-state index in [0.29, 0.717) is 6.04 Å². The molecule has 0 N–H and O–H groups in total. The zero-order valence-corrected chi connectivity index (χ0v) is 11.4. The number of rotatable bonds is 0. The van der Waals surface area contributed by atoms with Gasteiger partial charge in [-0.05, 0) is 46.6 Å². The van der Waals surface area contributed by atoms with Crippen molar-refractivity contribution < 1.29 is 9.53 Å². The molecular weight excluding hydrogens is 216 g/mol. The van der Waals surface area contributed by atoms with Crippen molar-refractivity contribution >= 4 is 6.09 Å². The molecule has 2 aliphatic rings. The molecule has 2 unspecified atom stereocenters. The Kier molecular flexibility index (Phi) is 3.34. The molecule has 2 heterocycles. The van der Waals surface area contributed by atoms with Crippen LogP contribution < -0.4 is 0 Å². The second kappa shape index (κ2) is 4.48. The average Bonchev–Trinajstić information content (AvgIpc) is 2.13. The normalized spacial score (nSPS) is 30.2. The Labute approximate surface area is 104 Å². The number of likely N-dealkylation sites (N-methyl/N-ethyl adjacent to an activating group) is 1. The highest BCUT2D eigenvalue weighted by Gasteiger charge is 2.37. The topological polar surface area (TPSA) is 32.8 Å². The van der Waals surface area contributed by atoms with E-state index in [-0.39, 0.29) is 6.09 Å². The van der Waals surface area contributed by atoms with Crippen molar-refractivity contribution in [3.8, 4) is 0 Å². The van der Waals surface area contributed by atoms with Gasteiger partial charge >= 0.3 is 6.09 Å². The summed E-state index contributed by atoms with van der Waals surface area (Å²) in [5.74, 6) is 0.762. The lowest BCUT2D eigenvalue weighted by molar-refractivity contribution is -0.0139. The van der Waals surface area contributed by atoms with Crippen molar-refractivity contribution in [2.45, 2.75) is 45.3 Å². The second-order valence-corrected chi connectivity index (χ2v) is 6.44. The molecule has 2 saturated heterocycles. The summed E-state index contributed by atoms with van der Waals surface area (Å²) in [7, 11) is 2.14. The van der Waals surface area contributed by atoms with E-state index in [2.05, 4.69) is 11.9 Å². The Bertz CT molecular complexity index is 296. The van der Waals surface area contributed by atoms with E-state index in [4.69, 9.17) is 4.74 Å². The van der Waals surface area contributed by atoms with Crippen LogP contribution in [0.15, 0.2) is 0 Å². The Morgan fingerprint density at radius 1 is 1.29 bits per heavy atom. The van der Waals surface area contributed by atoms with E-state index in [1.165, 1.54) is 6.54 Å². The summed E-state index contributed by atoms with van der Waals surface area (Å²) < 4.78 is 5.47. The van der Waals surface area contributed by atoms with Crippen molar-refractivity contribution in [1.29, 1.82) is 0 Å². The predicted octanol–water partition coefficient (Wildman–Crippen LogP) is 1.95. The maximum absolute atomic E-state index is 12.1. The van der Waals surface area contributed by atoms with E-state index in [1.807, 2.05) is 25.7 Å². The van der Waals surface area contributed by atoms with Gasteiger partial charge in [0.05, 0.1) is 0 Å². The smallest absolute Gasteiger partial charge is 0.410 e. The summed E-state index contributed by atoms with van der Waals surface area (Å²) in [5.41, 5.74) is -0.394. The second-order valence-electron chi connectivity index (χ2n) is 6.44. The van der Waals surface area contributed by atoms with E-state index >= 15 is 0 Å². The van der Waals surface area contributed by atoms with E-state index in [1.54, 1.807) is 0 Å². The highest BCUT2D eigenvalue weighted by Crippen LogP contribution is 2.29. The van der Waals surface area contributed by atoms with E-state index in [9.17, 15) is 4.79 Å². The zero-order valence-electron chi connectivity index (χ0n) is 11.4. The van der Waals surface area contributed by atoms with Crippen LogP contribution in [0.4, 0.5) is 4.79 Å². The third-order valence-electron chi connectivity index (χ3n) is 3.54. The SMILES string of the molecule is CN1CC2CCN(C(=O)OC(C)(C)C)C(C2)C1. The summed E-state index contributed by atoms with van der Waals surface area (Å²) >= 11 is 0. The van der Waals surface area contributed by atoms with Crippen molar-refractivity contribution in [3.63, 3.8) is 0 Å². The summed E-state index contributed by atoms with van der Waals surface area (Å²) in [6, 6.07) is 0.349. The summed E-state index contributed by atoms with van der Waals surface area (Å²) in [5, 5.41) is 0. The lowest BCUT2D eigenvalue weighted by Gasteiger charge is -2.46. The zero-order chi connectivity index (χ0) is 12.6. The lowest BCUT2D eigenvalue weighted by Crippen LogP contribution is -2.56. The molecule has 1 amide bonds. The number of carbonyl (C=O) groups is 1. The molecule has 0 aromatic rings. The largest absolute Gasteiger partial charge is 0.444 e. The van der Waals surface area contributed by atoms with Gasteiger partial charge in [0.1, 0.15) is 5.60 Å². The number of hydrogen-bond acceptors (Lipinski definition) is 3. The van der Waals surface area contributed by atoms with Gasteiger partial charge in [-0.25, -0.2) is 4.79 Å². The van der Waals surface area contributed by atoms with Crippen molar-refractivity contribution in [2.24, 2.45) is 5.92 Å². The molecule has 0 aliphatic carbocycles. The third-order valence-corrected chi connectivity index (χ3v) is 3.54. The van der Waals surface area contributed by atoms with Crippen molar-refractivity contribution in [3.05, 3.63) is 0 Å². The average molecular weight is 240 g/mol. The monoisotopic (exact) mass is 240 g/mol. The molecule has 2 atom stereocenters. The summed E-state index contributed by atoms with van der Waals surface area (Å²) in [4.78, 5) is 16.4. The van der Waals surface area contributed by atoms with Crippen LogP contribution in [0.25, 0.3) is 0 Å². The fourth-order valence-corrected chi connectivity index (χ4v) is 2.91. The minimum absolute atomic E-state index is 0.142. The van der Waals surface area contributed by atoms with Gasteiger partial charge in [-0.2, -0.15) is 0 Å². The predicted molar refractivity (Wildman–Crippen MR) is 66.9 cm³/mol. The van der Waals surface area contributed by atoms with Gasteiger partial charge in [0.15, 0.2) is 0 Å². The molecule has 0 spiro atoms. The standard InChI is InChI=1S/C13H24N2O2/c1-13(2,3)17-12(16)15-6-5-10-7-11(15)9-14(4)8-10/h10-11H,5-9H2,1-4H3. The van der Waals surface area contributed by atoms with Crippen molar-refractivity contribution in [2.75, 3.05) is 26.7 Å². The van der Waals surface area contributed by atoms with Gasteiger partial charge in [-0.15, -0.1) is 0 Å². The van der Waals surface area contributed by atoms with Gasteiger partial charge in [0.25, 0.3) is 0 Å². The molecule has 0 radical (unpaired) electrons. The molecule has 4 heteroatoms. The number of likely N-dealkylation sites (tertiary alicyclic amines) is 2. The van der Waals surface area contributed by atoms with Crippen LogP contribution >= 0.6 is 0 Å². The highest BCUT2D eigenvalue weighted by atomic mass is 16.6. The lowest BCUT2D eigenvalue weighted by atomic mass is 9.87. The van der Waals surface area contributed by atoms with Crippen LogP contribution in [0.3, 0.4) is 0 Å². The maximum Gasteiger partial charge on any atom is 0.410 e. The van der Waals surface area contributed by atoms with Gasteiger partial charge < -0.3 is 14.5 Å². The molecule has 0 aromatic heterocycles. The van der Waals surface area contributed by atoms with Gasteiger partial charge in [0.2, 0.25) is 0 Å². The summed E-state index contributed by atoms with van der Waals surface area (Å²) in [6.07, 6.45) is 2.11. The van der Waals surface area contributed by atoms with Crippen LogP contribution in [0.5, 0.6) is 0 Å². The molecule has 2 fully saturated rings. The minimum Gasteiger partial charge on any atom is -0.444 e. The van der Waals surface area contributed by atoms with Gasteiger partial charge in [-0.1, -0.05) is 0 Å². The Morgan fingerprint density at radius 2 is 2.00 bits per heavy atom. The third kappa shape index (κ3) is 3.12. The van der Waals surface area contributed by atoms with Crippen LogP contribution in [0, 0.1) is 5.92 Å². The van der Waals surface area contributed by atoms with Gasteiger partial charge in [-0.3, -0.25) is 0 Å². The summed E-state index contributed by atoms with van der Waals surface area (Å²) in [6.45, 7) is 8.78. The van der Waals surface area contributed by atoms with Crippen LogP contribution in [-0.4, -0.2) is 54.2 Å². The van der Waals surface area contributed by atoms with Crippen LogP contribution in [0.2, 0.25) is 0 Å². The molecule has 0 aromatic carbocycles. The fourth-order valence-electron chi connectivity index (χ4n) is 2.91. The first-order chi connectivity index (χ1) is 7.85. The number of carbonyl (C=O) groups excluding carboxylic acids is 1. The number of nitrogens with zero attached hydrogens (tertiary/aromatic N) is 2. The number of piperidine rings is 2.